The van der Waals surface area contributed by atoms with E-state index in [1.165, 1.54) is 64.6 Å². The third kappa shape index (κ3) is 23.1. The molecule has 2 unspecified atom stereocenters. The summed E-state index contributed by atoms with van der Waals surface area (Å²) in [4.78, 5) is 95.9. The fourth-order valence-electron chi connectivity index (χ4n) is 6.49. The Morgan fingerprint density at radius 2 is 1.07 bits per heavy atom. The van der Waals surface area contributed by atoms with Crippen molar-refractivity contribution in [3.8, 4) is 0 Å². The molecule has 0 saturated carbocycles. The van der Waals surface area contributed by atoms with Gasteiger partial charge in [-0.25, -0.2) is 53.1 Å². The minimum Gasteiger partial charge on any atom is -0.466 e. The van der Waals surface area contributed by atoms with Gasteiger partial charge in [-0.3, -0.25) is 19.6 Å². The van der Waals surface area contributed by atoms with Crippen LogP contribution in [-0.4, -0.2) is 131 Å². The van der Waals surface area contributed by atoms with Crippen molar-refractivity contribution in [2.75, 3.05) is 50.0 Å². The summed E-state index contributed by atoms with van der Waals surface area (Å²) in [5.41, 5.74) is -0.279. The van der Waals surface area contributed by atoms with Crippen LogP contribution in [0.2, 0.25) is 0 Å². The van der Waals surface area contributed by atoms with Crippen molar-refractivity contribution >= 4 is 85.3 Å². The molecule has 6 aromatic rings. The quantitative estimate of drug-likeness (QED) is 0.0277. The highest BCUT2D eigenvalue weighted by molar-refractivity contribution is 7.18. The predicted octanol–water partition coefficient (Wildman–Crippen LogP) is 9.65. The first kappa shape index (κ1) is 65.1. The Bertz CT molecular complexity index is 2960. The van der Waals surface area contributed by atoms with Crippen LogP contribution in [0.15, 0.2) is 49.3 Å². The zero-order valence-corrected chi connectivity index (χ0v) is 49.1. The molecule has 0 bridgehead atoms. The van der Waals surface area contributed by atoms with Gasteiger partial charge in [0.15, 0.2) is 11.6 Å². The highest BCUT2D eigenvalue weighted by Crippen LogP contribution is 2.27. The van der Waals surface area contributed by atoms with Crippen molar-refractivity contribution in [1.82, 2.24) is 50.1 Å². The molecule has 6 rings (SSSR count). The van der Waals surface area contributed by atoms with Gasteiger partial charge >= 0.3 is 30.3 Å². The molecule has 436 valence electrons. The van der Waals surface area contributed by atoms with E-state index in [1.54, 1.807) is 95.3 Å². The average molecular weight is 1160 g/mol. The molecule has 6 aromatic heterocycles. The summed E-state index contributed by atoms with van der Waals surface area (Å²) in [6.07, 6.45) is 4.43. The van der Waals surface area contributed by atoms with Gasteiger partial charge in [0.25, 0.3) is 0 Å². The largest absolute Gasteiger partial charge is 0.519 e. The third-order valence-electron chi connectivity index (χ3n) is 10.0. The second-order valence-corrected chi connectivity index (χ2v) is 22.6. The number of hydrogen-bond acceptors (Lipinski definition) is 24. The number of pyridine rings is 2. The Kier molecular flexibility index (Phi) is 25.1. The number of nitrogens with one attached hydrogen (secondary N) is 3. The van der Waals surface area contributed by atoms with Crippen molar-refractivity contribution in [1.29, 1.82) is 0 Å². The molecular formula is C53H72F2N12O11S2. The van der Waals surface area contributed by atoms with Crippen LogP contribution in [0, 0.1) is 23.5 Å². The van der Waals surface area contributed by atoms with Gasteiger partial charge in [-0.1, -0.05) is 36.5 Å². The predicted molar refractivity (Wildman–Crippen MR) is 297 cm³/mol. The number of aromatic nitrogens is 8. The molecule has 3 N–H and O–H groups in total. The molecule has 1 amide bonds. The monoisotopic (exact) mass is 1150 g/mol. The fraction of sp³-hybridized carbons (Fsp3) is 0.528. The van der Waals surface area contributed by atoms with Gasteiger partial charge in [-0.15, -0.1) is 0 Å². The zero-order valence-electron chi connectivity index (χ0n) is 47.4. The second-order valence-electron chi connectivity index (χ2n) is 20.5. The Hall–Kier alpha value is -7.39. The molecule has 0 spiro atoms. The van der Waals surface area contributed by atoms with Crippen molar-refractivity contribution < 1.29 is 61.2 Å². The lowest BCUT2D eigenvalue weighted by molar-refractivity contribution is -0.148. The van der Waals surface area contributed by atoms with Crippen LogP contribution in [0.1, 0.15) is 111 Å². The van der Waals surface area contributed by atoms with Crippen LogP contribution in [0.4, 0.5) is 34.8 Å². The van der Waals surface area contributed by atoms with E-state index < -0.39 is 46.9 Å². The van der Waals surface area contributed by atoms with Gasteiger partial charge in [0.05, 0.1) is 59.5 Å². The van der Waals surface area contributed by atoms with Crippen LogP contribution in [-0.2, 0) is 63.9 Å². The molecule has 0 aliphatic rings. The summed E-state index contributed by atoms with van der Waals surface area (Å²) >= 11 is 2.86. The number of amides is 1. The lowest BCUT2D eigenvalue weighted by Gasteiger charge is -2.28. The Morgan fingerprint density at radius 1 is 0.625 bits per heavy atom. The number of halogens is 2. The summed E-state index contributed by atoms with van der Waals surface area (Å²) in [5, 5.41) is 11.0. The molecule has 0 aliphatic carbocycles. The maximum Gasteiger partial charge on any atom is 0.519 e. The van der Waals surface area contributed by atoms with Gasteiger partial charge < -0.3 is 49.3 Å². The highest BCUT2D eigenvalue weighted by atomic mass is 32.1. The van der Waals surface area contributed by atoms with E-state index >= 15 is 0 Å². The fourth-order valence-corrected chi connectivity index (χ4v) is 8.29. The smallest absolute Gasteiger partial charge is 0.466 e. The Morgan fingerprint density at radius 3 is 1.51 bits per heavy atom. The van der Waals surface area contributed by atoms with Crippen LogP contribution < -0.4 is 16.0 Å². The highest BCUT2D eigenvalue weighted by Gasteiger charge is 2.28. The van der Waals surface area contributed by atoms with E-state index in [9.17, 15) is 32.8 Å². The Balaban J connectivity index is 0.000000280. The summed E-state index contributed by atoms with van der Waals surface area (Å²) < 4.78 is 57.1. The number of esters is 2. The summed E-state index contributed by atoms with van der Waals surface area (Å²) in [6.45, 7) is 25.1. The van der Waals surface area contributed by atoms with Crippen LogP contribution in [0.5, 0.6) is 0 Å². The van der Waals surface area contributed by atoms with Crippen LogP contribution >= 0.6 is 22.7 Å². The van der Waals surface area contributed by atoms with Crippen LogP contribution in [0.25, 0.3) is 20.7 Å². The van der Waals surface area contributed by atoms with Crippen molar-refractivity contribution in [2.24, 2.45) is 11.8 Å². The van der Waals surface area contributed by atoms with E-state index in [4.69, 9.17) is 23.7 Å². The summed E-state index contributed by atoms with van der Waals surface area (Å²) in [5.74, 6) is -1.04. The van der Waals surface area contributed by atoms with Gasteiger partial charge in [-0.2, -0.15) is 0 Å². The first-order chi connectivity index (χ1) is 37.6. The lowest BCUT2D eigenvalue weighted by Crippen LogP contribution is -2.41. The maximum atomic E-state index is 13.9. The van der Waals surface area contributed by atoms with Gasteiger partial charge in [0.2, 0.25) is 0 Å². The van der Waals surface area contributed by atoms with E-state index in [1.807, 2.05) is 6.92 Å². The minimum atomic E-state index is -1.06. The lowest BCUT2D eigenvalue weighted by atomic mass is 10.1. The van der Waals surface area contributed by atoms with Gasteiger partial charge in [0, 0.05) is 51.4 Å². The molecule has 27 heteroatoms. The van der Waals surface area contributed by atoms with E-state index in [2.05, 4.69) is 60.6 Å². The molecule has 2 atom stereocenters. The molecule has 0 aliphatic heterocycles. The number of hydrogen-bond donors (Lipinski definition) is 3. The number of anilines is 2. The van der Waals surface area contributed by atoms with Crippen LogP contribution in [0.3, 0.4) is 0 Å². The van der Waals surface area contributed by atoms with Crippen molar-refractivity contribution in [2.45, 2.75) is 133 Å². The number of nitrogens with zero attached hydrogens (tertiary/aromatic N) is 9. The number of rotatable bonds is 20. The molecule has 0 aromatic carbocycles. The van der Waals surface area contributed by atoms with Crippen molar-refractivity contribution in [3.05, 3.63) is 82.4 Å². The van der Waals surface area contributed by atoms with Gasteiger partial charge in [-0.05, 0) is 100 Å². The topological polar surface area (TPSA) is 283 Å². The molecule has 80 heavy (non-hydrogen) atoms. The third-order valence-corrected chi connectivity index (χ3v) is 12.1. The van der Waals surface area contributed by atoms with E-state index in [0.717, 1.165) is 14.8 Å². The van der Waals surface area contributed by atoms with Crippen molar-refractivity contribution in [3.63, 3.8) is 0 Å². The van der Waals surface area contributed by atoms with E-state index in [0.29, 0.717) is 65.7 Å². The normalized spacial score (nSPS) is 12.1. The number of carbonyl (C=O) groups is 5. The molecule has 23 nitrogen and oxygen atoms in total. The number of thiazole rings is 2. The SMILES string of the molecule is CC(C)(C)OC(=O)OC(=O)OC(C)(C)C.CCOC(=O)C(C)CN(CCc1nc2c(NCc3ncccc3F)ncnc2s1)C(=O)OC(C)(C)C.CCOC(=O)C(C)CNCCc1nc2c(NCc3ncccc3F)ncnc2s1. The number of ether oxygens (including phenoxy) is 6. The minimum absolute atomic E-state index is 0.143. The molecular weight excluding hydrogens is 1080 g/mol. The molecule has 6 heterocycles. The molecule has 0 fully saturated rings. The number of carbonyl (C=O) groups excluding carboxylic acids is 5. The molecule has 0 radical (unpaired) electrons. The zero-order chi connectivity index (χ0) is 59.2. The molecule has 0 saturated heterocycles. The maximum absolute atomic E-state index is 13.9. The second kappa shape index (κ2) is 30.8. The first-order valence-corrected chi connectivity index (χ1v) is 27.3. The number of fused-ring (bicyclic) bond motifs is 2. The standard InChI is InChI=1S/C24H31FN6O4S.C19H23FN6O2S.C10H18O5/c1-6-34-22(32)15(2)13-31(23(33)35-24(3,4)5)11-9-18-30-19-20(28-14-29-21(19)36-18)27-12-17-16(25)8-7-10-26-17;1-3-28-19(27)12(2)9-21-8-6-15-26-16-17(24-11-25-18(16)29-15)23-10-14-13(20)5-4-7-22-14;1-9(2,3)14-7(11)13-8(12)15-10(4,5)6/h7-8,10,14-15H,6,9,11-13H2,1-5H3,(H,27,28,29);4-5,7,11-12,21H,3,6,8-10H2,1-2H3,(H,23,24,25);1-6H3. The first-order valence-electron chi connectivity index (χ1n) is 25.7. The summed E-state index contributed by atoms with van der Waals surface area (Å²) in [7, 11) is 0. The average Bonchev–Trinajstić information content (AvgIpc) is 3.99. The Labute approximate surface area is 471 Å². The van der Waals surface area contributed by atoms with E-state index in [-0.39, 0.29) is 62.2 Å². The van der Waals surface area contributed by atoms with Gasteiger partial charge in [0.1, 0.15) is 61.8 Å². The summed E-state index contributed by atoms with van der Waals surface area (Å²) in [6, 6.07) is 5.80.